The number of benzene rings is 1. The van der Waals surface area contributed by atoms with Crippen LogP contribution >= 0.6 is 11.5 Å². The van der Waals surface area contributed by atoms with Gasteiger partial charge < -0.3 is 0 Å². The van der Waals surface area contributed by atoms with Crippen LogP contribution < -0.4 is 5.56 Å². The van der Waals surface area contributed by atoms with Crippen molar-refractivity contribution in [1.29, 1.82) is 0 Å². The minimum atomic E-state index is -0.0550. The lowest BCUT2D eigenvalue weighted by Crippen LogP contribution is -2.19. The van der Waals surface area contributed by atoms with Gasteiger partial charge in [-0.2, -0.15) is 4.37 Å². The molecule has 3 aromatic rings. The van der Waals surface area contributed by atoms with Crippen LogP contribution in [0.4, 0.5) is 0 Å². The molecule has 0 atom stereocenters. The molecule has 0 N–H and O–H groups in total. The van der Waals surface area contributed by atoms with E-state index in [4.69, 9.17) is 0 Å². The standard InChI is InChI=1S/C13H11N3OS/c1-8-5-3-4-6-10(8)16-7-14-12-11(13(16)17)9(2)15-18-12/h3-7H,1-2H3. The van der Waals surface area contributed by atoms with Crippen molar-refractivity contribution in [3.05, 3.63) is 52.2 Å². The van der Waals surface area contributed by atoms with Crippen LogP contribution in [-0.2, 0) is 0 Å². The van der Waals surface area contributed by atoms with Crippen molar-refractivity contribution < 1.29 is 0 Å². The number of aryl methyl sites for hydroxylation is 2. The second-order valence-electron chi connectivity index (χ2n) is 4.15. The first-order valence-electron chi connectivity index (χ1n) is 5.58. The van der Waals surface area contributed by atoms with Gasteiger partial charge in [0.2, 0.25) is 0 Å². The van der Waals surface area contributed by atoms with Gasteiger partial charge in [-0.15, -0.1) is 0 Å². The molecule has 0 saturated heterocycles. The fraction of sp³-hybridized carbons (Fsp3) is 0.154. The maximum absolute atomic E-state index is 12.5. The fourth-order valence-corrected chi connectivity index (χ4v) is 2.72. The van der Waals surface area contributed by atoms with E-state index in [9.17, 15) is 4.79 Å². The molecule has 0 bridgehead atoms. The highest BCUT2D eigenvalue weighted by Gasteiger charge is 2.11. The minimum Gasteiger partial charge on any atom is -0.268 e. The zero-order chi connectivity index (χ0) is 12.7. The summed E-state index contributed by atoms with van der Waals surface area (Å²) in [4.78, 5) is 17.4. The van der Waals surface area contributed by atoms with E-state index in [0.717, 1.165) is 16.9 Å². The highest BCUT2D eigenvalue weighted by atomic mass is 32.1. The predicted octanol–water partition coefficient (Wildman–Crippen LogP) is 2.46. The summed E-state index contributed by atoms with van der Waals surface area (Å²) >= 11 is 1.26. The molecule has 0 aliphatic heterocycles. The van der Waals surface area contributed by atoms with Gasteiger partial charge in [0.05, 0.1) is 11.4 Å². The van der Waals surface area contributed by atoms with E-state index in [0.29, 0.717) is 10.2 Å². The smallest absolute Gasteiger partial charge is 0.268 e. The van der Waals surface area contributed by atoms with Gasteiger partial charge in [-0.05, 0) is 37.0 Å². The Bertz CT molecular complexity index is 788. The van der Waals surface area contributed by atoms with Gasteiger partial charge in [0, 0.05) is 0 Å². The summed E-state index contributed by atoms with van der Waals surface area (Å²) in [6, 6.07) is 7.76. The van der Waals surface area contributed by atoms with Crippen LogP contribution in [0.15, 0.2) is 35.4 Å². The minimum absolute atomic E-state index is 0.0550. The third kappa shape index (κ3) is 1.55. The number of nitrogens with zero attached hydrogens (tertiary/aromatic N) is 3. The highest BCUT2D eigenvalue weighted by molar-refractivity contribution is 7.12. The van der Waals surface area contributed by atoms with Crippen LogP contribution in [0.25, 0.3) is 15.9 Å². The molecule has 0 spiro atoms. The van der Waals surface area contributed by atoms with E-state index in [2.05, 4.69) is 9.36 Å². The Morgan fingerprint density at radius 1 is 1.22 bits per heavy atom. The van der Waals surface area contributed by atoms with Gasteiger partial charge in [0.15, 0.2) is 4.83 Å². The number of rotatable bonds is 1. The van der Waals surface area contributed by atoms with E-state index in [-0.39, 0.29) is 5.56 Å². The number of hydrogen-bond acceptors (Lipinski definition) is 4. The zero-order valence-corrected chi connectivity index (χ0v) is 10.9. The molecular formula is C13H11N3OS. The second-order valence-corrected chi connectivity index (χ2v) is 4.91. The number of aromatic nitrogens is 3. The summed E-state index contributed by atoms with van der Waals surface area (Å²) in [7, 11) is 0. The quantitative estimate of drug-likeness (QED) is 0.672. The third-order valence-electron chi connectivity index (χ3n) is 2.94. The Kier molecular flexibility index (Phi) is 2.48. The molecule has 2 heterocycles. The molecule has 0 aliphatic carbocycles. The Labute approximate surface area is 108 Å². The van der Waals surface area contributed by atoms with Gasteiger partial charge in [-0.25, -0.2) is 4.98 Å². The van der Waals surface area contributed by atoms with Crippen LogP contribution in [0.2, 0.25) is 0 Å². The topological polar surface area (TPSA) is 47.8 Å². The summed E-state index contributed by atoms with van der Waals surface area (Å²) in [5, 5.41) is 0.616. The molecule has 3 rings (SSSR count). The summed E-state index contributed by atoms with van der Waals surface area (Å²) in [5.41, 5.74) is 2.60. The first-order chi connectivity index (χ1) is 8.68. The predicted molar refractivity (Wildman–Crippen MR) is 72.5 cm³/mol. The van der Waals surface area contributed by atoms with Crippen molar-refractivity contribution in [3.8, 4) is 5.69 Å². The number of fused-ring (bicyclic) bond motifs is 1. The van der Waals surface area contributed by atoms with Gasteiger partial charge >= 0.3 is 0 Å². The van der Waals surface area contributed by atoms with Crippen molar-refractivity contribution in [2.75, 3.05) is 0 Å². The molecule has 0 fully saturated rings. The number of para-hydroxylation sites is 1. The summed E-state index contributed by atoms with van der Waals surface area (Å²) < 4.78 is 5.76. The van der Waals surface area contributed by atoms with E-state index >= 15 is 0 Å². The lowest BCUT2D eigenvalue weighted by atomic mass is 10.2. The Morgan fingerprint density at radius 3 is 2.78 bits per heavy atom. The average Bonchev–Trinajstić information content (AvgIpc) is 2.74. The van der Waals surface area contributed by atoms with Crippen LogP contribution in [0.1, 0.15) is 11.3 Å². The fourth-order valence-electron chi connectivity index (χ4n) is 1.98. The van der Waals surface area contributed by atoms with Crippen LogP contribution in [-0.4, -0.2) is 13.9 Å². The molecule has 90 valence electrons. The van der Waals surface area contributed by atoms with E-state index in [1.807, 2.05) is 38.1 Å². The Balaban J connectivity index is 2.38. The molecule has 4 nitrogen and oxygen atoms in total. The van der Waals surface area contributed by atoms with Crippen molar-refractivity contribution in [3.63, 3.8) is 0 Å². The van der Waals surface area contributed by atoms with E-state index < -0.39 is 0 Å². The zero-order valence-electron chi connectivity index (χ0n) is 10.0. The normalized spacial score (nSPS) is 11.0. The summed E-state index contributed by atoms with van der Waals surface area (Å²) in [6.07, 6.45) is 1.57. The van der Waals surface area contributed by atoms with Gasteiger partial charge in [-0.3, -0.25) is 9.36 Å². The first-order valence-corrected chi connectivity index (χ1v) is 6.35. The molecule has 0 unspecified atom stereocenters. The molecule has 0 aliphatic rings. The van der Waals surface area contributed by atoms with Crippen molar-refractivity contribution in [2.45, 2.75) is 13.8 Å². The maximum atomic E-state index is 12.5. The first kappa shape index (κ1) is 11.1. The number of hydrogen-bond donors (Lipinski definition) is 0. The molecule has 0 radical (unpaired) electrons. The molecule has 0 saturated carbocycles. The molecular weight excluding hydrogens is 246 g/mol. The third-order valence-corrected chi connectivity index (χ3v) is 3.79. The van der Waals surface area contributed by atoms with Crippen LogP contribution in [0.3, 0.4) is 0 Å². The second kappa shape index (κ2) is 4.03. The summed E-state index contributed by atoms with van der Waals surface area (Å²) in [6.45, 7) is 3.81. The van der Waals surface area contributed by atoms with Gasteiger partial charge in [0.25, 0.3) is 5.56 Å². The molecule has 1 aromatic carbocycles. The Hall–Kier alpha value is -2.01. The average molecular weight is 257 g/mol. The summed E-state index contributed by atoms with van der Waals surface area (Å²) in [5.74, 6) is 0. The molecule has 2 aromatic heterocycles. The monoisotopic (exact) mass is 257 g/mol. The lowest BCUT2D eigenvalue weighted by molar-refractivity contribution is 0.954. The molecule has 0 amide bonds. The van der Waals surface area contributed by atoms with Gasteiger partial charge in [0.1, 0.15) is 11.7 Å². The Morgan fingerprint density at radius 2 is 2.00 bits per heavy atom. The maximum Gasteiger partial charge on any atom is 0.268 e. The lowest BCUT2D eigenvalue weighted by Gasteiger charge is -2.07. The van der Waals surface area contributed by atoms with Crippen molar-refractivity contribution in [2.24, 2.45) is 0 Å². The van der Waals surface area contributed by atoms with Crippen LogP contribution in [0, 0.1) is 13.8 Å². The van der Waals surface area contributed by atoms with Crippen molar-refractivity contribution >= 4 is 21.7 Å². The SMILES string of the molecule is Cc1ccccc1-n1cnc2snc(C)c2c1=O. The molecule has 18 heavy (non-hydrogen) atoms. The largest absolute Gasteiger partial charge is 0.268 e. The highest BCUT2D eigenvalue weighted by Crippen LogP contribution is 2.17. The van der Waals surface area contributed by atoms with Gasteiger partial charge in [-0.1, -0.05) is 18.2 Å². The van der Waals surface area contributed by atoms with Crippen LogP contribution in [0.5, 0.6) is 0 Å². The van der Waals surface area contributed by atoms with E-state index in [1.165, 1.54) is 11.5 Å². The van der Waals surface area contributed by atoms with Crippen molar-refractivity contribution in [1.82, 2.24) is 13.9 Å². The van der Waals surface area contributed by atoms with E-state index in [1.54, 1.807) is 10.9 Å². The molecule has 5 heteroatoms.